The van der Waals surface area contributed by atoms with Crippen LogP contribution in [0.25, 0.3) is 0 Å². The first-order valence-electron chi connectivity index (χ1n) is 7.80. The molecule has 0 spiro atoms. The normalized spacial score (nSPS) is 12.8. The van der Waals surface area contributed by atoms with Gasteiger partial charge in [-0.15, -0.1) is 0 Å². The molecule has 3 aromatic rings. The van der Waals surface area contributed by atoms with Crippen molar-refractivity contribution in [2.24, 2.45) is 0 Å². The van der Waals surface area contributed by atoms with Gasteiger partial charge in [0.05, 0.1) is 0 Å². The van der Waals surface area contributed by atoms with Crippen LogP contribution in [-0.2, 0) is 12.6 Å². The molecule has 0 amide bonds. The Labute approximate surface area is 153 Å². The maximum absolute atomic E-state index is 12.8. The van der Waals surface area contributed by atoms with Gasteiger partial charge in [0.15, 0.2) is 0 Å². The number of nitrogens with zero attached hydrogens (tertiary/aromatic N) is 1. The fourth-order valence-electron chi connectivity index (χ4n) is 2.81. The molecule has 0 fully saturated rings. The molecular weight excluding hydrogens is 386 g/mol. The second kappa shape index (κ2) is 7.45. The third-order valence-electron chi connectivity index (χ3n) is 4.05. The monoisotopic (exact) mass is 401 g/mol. The van der Waals surface area contributed by atoms with E-state index in [-0.39, 0.29) is 5.92 Å². The van der Waals surface area contributed by atoms with E-state index in [0.29, 0.717) is 6.42 Å². The standard InChI is InChI=1S/C20H15AsF3N/c21-19-8-4-7-17(25-19)13-18(14-5-2-1-3-6-14)15-9-11-16(12-10-15)20(22,23)24/h1-12,18H,13H2. The topological polar surface area (TPSA) is 12.9 Å². The van der Waals surface area contributed by atoms with Crippen LogP contribution in [0.2, 0.25) is 0 Å². The molecule has 25 heavy (non-hydrogen) atoms. The van der Waals surface area contributed by atoms with E-state index in [0.717, 1.165) is 33.4 Å². The molecule has 5 heteroatoms. The van der Waals surface area contributed by atoms with Gasteiger partial charge in [-0.05, 0) is 0 Å². The molecule has 0 saturated heterocycles. The number of hydrogen-bond acceptors (Lipinski definition) is 1. The van der Waals surface area contributed by atoms with E-state index < -0.39 is 11.7 Å². The number of alkyl halides is 3. The molecule has 0 aliphatic heterocycles. The van der Waals surface area contributed by atoms with Crippen LogP contribution in [0, 0.1) is 0 Å². The van der Waals surface area contributed by atoms with Gasteiger partial charge in [-0.3, -0.25) is 0 Å². The molecule has 1 nitrogen and oxygen atoms in total. The van der Waals surface area contributed by atoms with Gasteiger partial charge in [0.2, 0.25) is 0 Å². The Kier molecular flexibility index (Phi) is 5.29. The summed E-state index contributed by atoms with van der Waals surface area (Å²) in [5, 5.41) is 0. The van der Waals surface area contributed by atoms with Gasteiger partial charge in [-0.25, -0.2) is 0 Å². The Bertz CT molecular complexity index is 830. The van der Waals surface area contributed by atoms with Crippen molar-refractivity contribution in [2.75, 3.05) is 0 Å². The minimum absolute atomic E-state index is 0.0507. The molecule has 2 radical (unpaired) electrons. The first-order valence-corrected chi connectivity index (χ1v) is 8.74. The maximum atomic E-state index is 12.8. The van der Waals surface area contributed by atoms with Gasteiger partial charge in [0.1, 0.15) is 0 Å². The number of pyridine rings is 1. The molecule has 2 aromatic carbocycles. The summed E-state index contributed by atoms with van der Waals surface area (Å²) in [7, 11) is 0. The van der Waals surface area contributed by atoms with Crippen molar-refractivity contribution >= 4 is 21.3 Å². The van der Waals surface area contributed by atoms with Crippen LogP contribution < -0.4 is 4.48 Å². The third kappa shape index (κ3) is 4.52. The Balaban J connectivity index is 1.97. The molecule has 3 rings (SSSR count). The van der Waals surface area contributed by atoms with Crippen molar-refractivity contribution < 1.29 is 13.2 Å². The molecule has 0 aliphatic carbocycles. The van der Waals surface area contributed by atoms with Crippen molar-refractivity contribution in [1.82, 2.24) is 4.98 Å². The molecule has 0 aliphatic rings. The minimum atomic E-state index is -4.32. The molecule has 1 heterocycles. The Morgan fingerprint density at radius 3 is 2.04 bits per heavy atom. The fourth-order valence-corrected chi connectivity index (χ4v) is 3.26. The van der Waals surface area contributed by atoms with E-state index in [1.165, 1.54) is 0 Å². The molecule has 0 saturated carbocycles. The van der Waals surface area contributed by atoms with E-state index >= 15 is 0 Å². The average Bonchev–Trinajstić information content (AvgIpc) is 2.60. The van der Waals surface area contributed by atoms with Gasteiger partial charge in [0.25, 0.3) is 0 Å². The van der Waals surface area contributed by atoms with Crippen molar-refractivity contribution in [2.45, 2.75) is 18.5 Å². The zero-order valence-corrected chi connectivity index (χ0v) is 15.1. The zero-order chi connectivity index (χ0) is 17.9. The number of halogens is 3. The second-order valence-corrected chi connectivity index (χ2v) is 6.74. The van der Waals surface area contributed by atoms with Crippen LogP contribution >= 0.6 is 0 Å². The van der Waals surface area contributed by atoms with Crippen LogP contribution in [-0.4, -0.2) is 21.8 Å². The molecule has 1 atom stereocenters. The van der Waals surface area contributed by atoms with Gasteiger partial charge in [-0.2, -0.15) is 0 Å². The summed E-state index contributed by atoms with van der Waals surface area (Å²) in [5.74, 6) is -0.0507. The van der Waals surface area contributed by atoms with Crippen LogP contribution in [0.3, 0.4) is 0 Å². The van der Waals surface area contributed by atoms with Crippen molar-refractivity contribution in [3.63, 3.8) is 0 Å². The number of hydrogen-bond donors (Lipinski definition) is 0. The average molecular weight is 401 g/mol. The van der Waals surface area contributed by atoms with Gasteiger partial charge in [-0.1, -0.05) is 0 Å². The molecule has 0 N–H and O–H groups in total. The van der Waals surface area contributed by atoms with Crippen LogP contribution in [0.1, 0.15) is 28.3 Å². The van der Waals surface area contributed by atoms with E-state index in [4.69, 9.17) is 0 Å². The summed E-state index contributed by atoms with van der Waals surface area (Å²) in [6, 6.07) is 21.0. The number of benzene rings is 2. The van der Waals surface area contributed by atoms with Gasteiger partial charge >= 0.3 is 153 Å². The fraction of sp³-hybridized carbons (Fsp3) is 0.150. The summed E-state index contributed by atoms with van der Waals surface area (Å²) < 4.78 is 39.3. The molecule has 126 valence electrons. The summed E-state index contributed by atoms with van der Waals surface area (Å²) in [4.78, 5) is 4.51. The van der Waals surface area contributed by atoms with Crippen molar-refractivity contribution in [1.29, 1.82) is 0 Å². The van der Waals surface area contributed by atoms with Crippen LogP contribution in [0.5, 0.6) is 0 Å². The quantitative estimate of drug-likeness (QED) is 0.596. The summed E-state index contributed by atoms with van der Waals surface area (Å²) >= 11 is 2.41. The molecular formula is C20H15AsF3N. The molecule has 0 bridgehead atoms. The second-order valence-electron chi connectivity index (χ2n) is 5.77. The van der Waals surface area contributed by atoms with E-state index in [1.54, 1.807) is 12.1 Å². The number of rotatable bonds is 4. The SMILES string of the molecule is FC(F)(F)c1ccc(C(Cc2cccc([As])n2)c2ccccc2)cc1. The zero-order valence-electron chi connectivity index (χ0n) is 13.2. The van der Waals surface area contributed by atoms with Crippen molar-refractivity contribution in [3.05, 3.63) is 95.2 Å². The Morgan fingerprint density at radius 2 is 1.44 bits per heavy atom. The molecule has 1 aromatic heterocycles. The first-order chi connectivity index (χ1) is 11.9. The summed E-state index contributed by atoms with van der Waals surface area (Å²) in [5.41, 5.74) is 2.18. The van der Waals surface area contributed by atoms with Gasteiger partial charge in [0, 0.05) is 0 Å². The van der Waals surface area contributed by atoms with Crippen LogP contribution in [0.4, 0.5) is 13.2 Å². The third-order valence-corrected chi connectivity index (χ3v) is 4.57. The van der Waals surface area contributed by atoms with E-state index in [9.17, 15) is 13.2 Å². The summed E-state index contributed by atoms with van der Waals surface area (Å²) in [6.45, 7) is 0. The Morgan fingerprint density at radius 1 is 0.800 bits per heavy atom. The first kappa shape index (κ1) is 17.8. The summed E-state index contributed by atoms with van der Waals surface area (Å²) in [6.07, 6.45) is -3.70. The van der Waals surface area contributed by atoms with E-state index in [2.05, 4.69) is 21.8 Å². The van der Waals surface area contributed by atoms with Crippen LogP contribution in [0.15, 0.2) is 72.8 Å². The Hall–Kier alpha value is -2.06. The molecule has 1 unspecified atom stereocenters. The predicted octanol–water partition coefficient (Wildman–Crippen LogP) is 4.27. The number of aromatic nitrogens is 1. The predicted molar refractivity (Wildman–Crippen MR) is 93.1 cm³/mol. The van der Waals surface area contributed by atoms with Gasteiger partial charge < -0.3 is 0 Å². The van der Waals surface area contributed by atoms with E-state index in [1.807, 2.05) is 48.5 Å². The van der Waals surface area contributed by atoms with Crippen molar-refractivity contribution in [3.8, 4) is 0 Å².